The Hall–Kier alpha value is -3.64. The highest BCUT2D eigenvalue weighted by Gasteiger charge is 2.18. The Kier molecular flexibility index (Phi) is 2.21. The van der Waals surface area contributed by atoms with Gasteiger partial charge in [-0.1, -0.05) is 36.4 Å². The number of aromatic nitrogens is 1. The first-order chi connectivity index (χ1) is 15.6. The van der Waals surface area contributed by atoms with Gasteiger partial charge in [0.2, 0.25) is 0 Å². The minimum Gasteiger partial charge on any atom is -0.456 e. The standard InChI is InChI=1S/C24H16N2O/c1-14-11-20(26-13-15(14)2)18-9-6-10-19-22-21(25-3)12-16-7-4-5-8-17(16)24(22)27-23(18)19/h4-13H,1-2H3/i1D3,2D3. The molecule has 0 atom stereocenters. The number of hydrogen-bond acceptors (Lipinski definition) is 2. The lowest BCUT2D eigenvalue weighted by Gasteiger charge is -2.05. The Morgan fingerprint density at radius 3 is 2.67 bits per heavy atom. The van der Waals surface area contributed by atoms with Crippen LogP contribution in [0.1, 0.15) is 19.4 Å². The minimum atomic E-state index is -2.63. The van der Waals surface area contributed by atoms with E-state index in [0.29, 0.717) is 33.2 Å². The van der Waals surface area contributed by atoms with E-state index in [1.54, 1.807) is 12.1 Å². The zero-order valence-corrected chi connectivity index (χ0v) is 14.1. The smallest absolute Gasteiger partial charge is 0.199 e. The average molecular weight is 354 g/mol. The molecule has 0 fully saturated rings. The molecule has 128 valence electrons. The summed E-state index contributed by atoms with van der Waals surface area (Å²) < 4.78 is 52.9. The second-order valence-electron chi connectivity index (χ2n) is 6.33. The molecule has 0 bridgehead atoms. The number of furan rings is 1. The van der Waals surface area contributed by atoms with Crippen LogP contribution >= 0.6 is 0 Å². The van der Waals surface area contributed by atoms with Gasteiger partial charge in [-0.15, -0.1) is 0 Å². The van der Waals surface area contributed by atoms with Crippen LogP contribution in [0.3, 0.4) is 0 Å². The zero-order valence-electron chi connectivity index (χ0n) is 20.1. The molecule has 0 saturated carbocycles. The van der Waals surface area contributed by atoms with Crippen LogP contribution in [-0.4, -0.2) is 4.98 Å². The fraction of sp³-hybridized carbons (Fsp3) is 0.0833. The number of benzene rings is 3. The summed E-state index contributed by atoms with van der Waals surface area (Å²) in [6.45, 7) is 2.43. The number of para-hydroxylation sites is 1. The minimum absolute atomic E-state index is 0.270. The molecule has 3 nitrogen and oxygen atoms in total. The van der Waals surface area contributed by atoms with Crippen molar-refractivity contribution in [1.29, 1.82) is 0 Å². The van der Waals surface area contributed by atoms with Crippen LogP contribution in [-0.2, 0) is 0 Å². The van der Waals surface area contributed by atoms with Crippen LogP contribution in [0.5, 0.6) is 0 Å². The molecular formula is C24H16N2O. The van der Waals surface area contributed by atoms with Crippen LogP contribution in [0, 0.1) is 20.3 Å². The van der Waals surface area contributed by atoms with E-state index in [2.05, 4.69) is 9.83 Å². The summed E-state index contributed by atoms with van der Waals surface area (Å²) >= 11 is 0. The first-order valence-corrected chi connectivity index (χ1v) is 8.35. The van der Waals surface area contributed by atoms with Gasteiger partial charge in [0.25, 0.3) is 0 Å². The molecular weight excluding hydrogens is 332 g/mol. The van der Waals surface area contributed by atoms with Crippen molar-refractivity contribution in [3.63, 3.8) is 0 Å². The Bertz CT molecular complexity index is 1610. The molecule has 0 radical (unpaired) electrons. The molecule has 0 spiro atoms. The van der Waals surface area contributed by atoms with Gasteiger partial charge in [0.05, 0.1) is 12.3 Å². The van der Waals surface area contributed by atoms with E-state index < -0.39 is 13.7 Å². The van der Waals surface area contributed by atoms with Gasteiger partial charge in [0.1, 0.15) is 11.2 Å². The molecule has 5 rings (SSSR count). The summed E-state index contributed by atoms with van der Waals surface area (Å²) in [5, 5.41) is 3.12. The summed E-state index contributed by atoms with van der Waals surface area (Å²) in [4.78, 5) is 7.98. The maximum absolute atomic E-state index is 7.85. The van der Waals surface area contributed by atoms with Crippen molar-refractivity contribution >= 4 is 38.4 Å². The fourth-order valence-electron chi connectivity index (χ4n) is 3.50. The highest BCUT2D eigenvalue weighted by atomic mass is 16.3. The molecule has 0 amide bonds. The van der Waals surface area contributed by atoms with Crippen LogP contribution in [0.2, 0.25) is 0 Å². The highest BCUT2D eigenvalue weighted by molar-refractivity contribution is 6.22. The number of pyridine rings is 1. The van der Waals surface area contributed by atoms with E-state index >= 15 is 0 Å². The molecule has 27 heavy (non-hydrogen) atoms. The zero-order chi connectivity index (χ0) is 23.5. The number of fused-ring (bicyclic) bond motifs is 5. The van der Waals surface area contributed by atoms with Crippen molar-refractivity contribution in [2.24, 2.45) is 0 Å². The second-order valence-corrected chi connectivity index (χ2v) is 6.33. The quantitative estimate of drug-likeness (QED) is 0.304. The van der Waals surface area contributed by atoms with Gasteiger partial charge in [0, 0.05) is 36.1 Å². The summed E-state index contributed by atoms with van der Waals surface area (Å²) in [6, 6.07) is 16.1. The molecule has 3 aromatic carbocycles. The first kappa shape index (κ1) is 10.5. The molecule has 0 aliphatic rings. The van der Waals surface area contributed by atoms with E-state index in [1.807, 2.05) is 36.4 Å². The van der Waals surface area contributed by atoms with E-state index in [-0.39, 0.29) is 16.8 Å². The van der Waals surface area contributed by atoms with Gasteiger partial charge in [-0.2, -0.15) is 0 Å². The molecule has 0 saturated heterocycles. The van der Waals surface area contributed by atoms with Crippen molar-refractivity contribution < 1.29 is 12.6 Å². The van der Waals surface area contributed by atoms with Crippen LogP contribution in [0.25, 0.3) is 48.8 Å². The third kappa shape index (κ3) is 2.24. The summed E-state index contributed by atoms with van der Waals surface area (Å²) in [5.41, 5.74) is 1.71. The SMILES string of the molecule is [2H]C([2H])([2H])c1cnc(-c2cccc3c2oc2c4ccccc4cc([N+]#[C-])c32)cc1C([2H])([2H])[2H]. The maximum Gasteiger partial charge on any atom is 0.199 e. The lowest BCUT2D eigenvalue weighted by atomic mass is 10.0. The molecule has 2 heterocycles. The van der Waals surface area contributed by atoms with E-state index in [4.69, 9.17) is 19.2 Å². The summed E-state index contributed by atoms with van der Waals surface area (Å²) in [5.74, 6) is 0. The Morgan fingerprint density at radius 1 is 0.963 bits per heavy atom. The van der Waals surface area contributed by atoms with Gasteiger partial charge < -0.3 is 4.42 Å². The van der Waals surface area contributed by atoms with Gasteiger partial charge >= 0.3 is 0 Å². The molecule has 5 aromatic rings. The number of hydrogen-bond donors (Lipinski definition) is 0. The third-order valence-corrected chi connectivity index (χ3v) is 4.77. The maximum atomic E-state index is 7.85. The molecule has 0 aliphatic carbocycles. The average Bonchev–Trinajstić information content (AvgIpc) is 3.17. The summed E-state index contributed by atoms with van der Waals surface area (Å²) in [6.07, 6.45) is 1.10. The molecule has 3 heteroatoms. The predicted molar refractivity (Wildman–Crippen MR) is 110 cm³/mol. The first-order valence-electron chi connectivity index (χ1n) is 11.4. The van der Waals surface area contributed by atoms with E-state index in [0.717, 1.165) is 17.0 Å². The Balaban J connectivity index is 1.86. The normalized spacial score (nSPS) is 15.5. The number of aryl methyl sites for hydroxylation is 2. The van der Waals surface area contributed by atoms with Crippen molar-refractivity contribution in [1.82, 2.24) is 4.98 Å². The van der Waals surface area contributed by atoms with Crippen molar-refractivity contribution in [2.75, 3.05) is 0 Å². The van der Waals surface area contributed by atoms with E-state index in [1.165, 1.54) is 6.07 Å². The van der Waals surface area contributed by atoms with Crippen molar-refractivity contribution in [3.8, 4) is 11.3 Å². The lowest BCUT2D eigenvalue weighted by molar-refractivity contribution is 0.673. The van der Waals surface area contributed by atoms with E-state index in [9.17, 15) is 0 Å². The molecule has 0 aliphatic heterocycles. The van der Waals surface area contributed by atoms with Crippen molar-refractivity contribution in [2.45, 2.75) is 13.7 Å². The Labute approximate surface area is 165 Å². The molecule has 2 aromatic heterocycles. The highest BCUT2D eigenvalue weighted by Crippen LogP contribution is 2.43. The fourth-order valence-corrected chi connectivity index (χ4v) is 3.50. The molecule has 0 N–H and O–H groups in total. The number of nitrogens with zero attached hydrogens (tertiary/aromatic N) is 2. The lowest BCUT2D eigenvalue weighted by Crippen LogP contribution is -1.88. The topological polar surface area (TPSA) is 30.4 Å². The second kappa shape index (κ2) is 5.69. The van der Waals surface area contributed by atoms with Crippen molar-refractivity contribution in [3.05, 3.63) is 83.3 Å². The molecule has 0 unspecified atom stereocenters. The third-order valence-electron chi connectivity index (χ3n) is 4.77. The number of rotatable bonds is 1. The summed E-state index contributed by atoms with van der Waals surface area (Å²) in [7, 11) is 0. The van der Waals surface area contributed by atoms with Gasteiger partial charge in [-0.25, -0.2) is 4.85 Å². The van der Waals surface area contributed by atoms with Gasteiger partial charge in [-0.05, 0) is 48.4 Å². The largest absolute Gasteiger partial charge is 0.456 e. The van der Waals surface area contributed by atoms with Crippen LogP contribution in [0.4, 0.5) is 5.69 Å². The predicted octanol–water partition coefficient (Wildman–Crippen LogP) is 6.97. The van der Waals surface area contributed by atoms with Gasteiger partial charge in [0.15, 0.2) is 5.69 Å². The Morgan fingerprint density at radius 2 is 1.81 bits per heavy atom. The van der Waals surface area contributed by atoms with Crippen LogP contribution < -0.4 is 0 Å². The van der Waals surface area contributed by atoms with Gasteiger partial charge in [-0.3, -0.25) is 4.98 Å². The van der Waals surface area contributed by atoms with Crippen LogP contribution in [0.15, 0.2) is 65.2 Å². The monoisotopic (exact) mass is 354 g/mol.